The second-order valence-corrected chi connectivity index (χ2v) is 6.98. The van der Waals surface area contributed by atoms with E-state index in [0.717, 1.165) is 6.07 Å². The minimum Gasteiger partial charge on any atom is -0.503 e. The van der Waals surface area contributed by atoms with Crippen LogP contribution in [0.5, 0.6) is 5.75 Å². The van der Waals surface area contributed by atoms with E-state index in [4.69, 9.17) is 0 Å². The molecule has 3 aromatic heterocycles. The molecule has 1 aromatic carbocycles. The highest BCUT2D eigenvalue weighted by molar-refractivity contribution is 5.84. The number of nitrogens with zero attached hydrogens (tertiary/aromatic N) is 4. The Morgan fingerprint density at radius 3 is 2.71 bits per heavy atom. The van der Waals surface area contributed by atoms with Crippen molar-refractivity contribution in [3.05, 3.63) is 57.9 Å². The molecule has 0 radical (unpaired) electrons. The number of halogens is 2. The van der Waals surface area contributed by atoms with Gasteiger partial charge in [-0.05, 0) is 18.1 Å². The molecule has 0 fully saturated rings. The van der Waals surface area contributed by atoms with Crippen LogP contribution in [0.25, 0.3) is 22.2 Å². The Morgan fingerprint density at radius 1 is 1.21 bits per heavy atom. The van der Waals surface area contributed by atoms with E-state index in [1.54, 1.807) is 4.57 Å². The summed E-state index contributed by atoms with van der Waals surface area (Å²) in [6, 6.07) is 2.28. The van der Waals surface area contributed by atoms with E-state index in [1.165, 1.54) is 18.5 Å². The lowest BCUT2D eigenvalue weighted by Crippen LogP contribution is -2.14. The third-order valence-corrected chi connectivity index (χ3v) is 4.53. The molecule has 7 nitrogen and oxygen atoms in total. The zero-order valence-electron chi connectivity index (χ0n) is 15.2. The Bertz CT molecular complexity index is 1260. The van der Waals surface area contributed by atoms with Gasteiger partial charge in [0.05, 0.1) is 12.1 Å². The molecule has 0 bridgehead atoms. The van der Waals surface area contributed by atoms with Gasteiger partial charge in [0, 0.05) is 29.8 Å². The highest BCUT2D eigenvalue weighted by atomic mass is 19.2. The zero-order chi connectivity index (χ0) is 20.0. The van der Waals surface area contributed by atoms with Crippen molar-refractivity contribution in [2.24, 2.45) is 5.92 Å². The number of hydrogen-bond acceptors (Lipinski definition) is 5. The van der Waals surface area contributed by atoms with Gasteiger partial charge in [0.15, 0.2) is 28.7 Å². The van der Waals surface area contributed by atoms with Crippen LogP contribution in [0, 0.1) is 17.6 Å². The average Bonchev–Trinajstić information content (AvgIpc) is 2.99. The molecule has 4 aromatic rings. The number of aromatic amines is 1. The van der Waals surface area contributed by atoms with Crippen molar-refractivity contribution in [3.63, 3.8) is 0 Å². The molecule has 0 unspecified atom stereocenters. The van der Waals surface area contributed by atoms with Crippen LogP contribution in [0.1, 0.15) is 25.2 Å². The molecule has 3 heterocycles. The first-order valence-corrected chi connectivity index (χ1v) is 8.74. The van der Waals surface area contributed by atoms with E-state index < -0.39 is 22.9 Å². The molecule has 4 rings (SSSR count). The van der Waals surface area contributed by atoms with Crippen LogP contribution < -0.4 is 5.56 Å². The third kappa shape index (κ3) is 2.88. The molecular weight excluding hydrogens is 368 g/mol. The van der Waals surface area contributed by atoms with E-state index in [2.05, 4.69) is 19.9 Å². The van der Waals surface area contributed by atoms with Gasteiger partial charge in [-0.2, -0.15) is 0 Å². The standard InChI is InChI=1S/C19H17F2N5O2/c1-9(2)7-13-24-17-18(23-6-5-22-17)26(13)8-11-10-3-4-12(20)14(21)15(10)25-19(28)16(11)27/h3-6,9,27H,7-8H2,1-2H3,(H,25,28). The van der Waals surface area contributed by atoms with Crippen molar-refractivity contribution < 1.29 is 13.9 Å². The van der Waals surface area contributed by atoms with Crippen LogP contribution in [0.2, 0.25) is 0 Å². The first-order valence-electron chi connectivity index (χ1n) is 8.74. The van der Waals surface area contributed by atoms with E-state index in [0.29, 0.717) is 23.5 Å². The SMILES string of the molecule is CC(C)Cc1nc2nccnc2n1Cc1c(O)c(=O)[nH]c2c(F)c(F)ccc12. The van der Waals surface area contributed by atoms with Crippen molar-refractivity contribution in [2.75, 3.05) is 0 Å². The van der Waals surface area contributed by atoms with Gasteiger partial charge in [-0.25, -0.2) is 23.7 Å². The molecule has 0 amide bonds. The summed E-state index contributed by atoms with van der Waals surface area (Å²) in [6.07, 6.45) is 3.66. The molecule has 9 heteroatoms. The van der Waals surface area contributed by atoms with Crippen LogP contribution in [0.15, 0.2) is 29.3 Å². The maximum Gasteiger partial charge on any atom is 0.290 e. The number of hydrogen-bond donors (Lipinski definition) is 2. The first kappa shape index (κ1) is 18.0. The number of H-pyrrole nitrogens is 1. The second-order valence-electron chi connectivity index (χ2n) is 6.98. The number of imidazole rings is 1. The predicted octanol–water partition coefficient (Wildman–Crippen LogP) is 2.90. The molecule has 0 aliphatic rings. The highest BCUT2D eigenvalue weighted by Crippen LogP contribution is 2.28. The summed E-state index contributed by atoms with van der Waals surface area (Å²) < 4.78 is 29.6. The monoisotopic (exact) mass is 385 g/mol. The smallest absolute Gasteiger partial charge is 0.290 e. The van der Waals surface area contributed by atoms with E-state index in [9.17, 15) is 18.7 Å². The molecular formula is C19H17F2N5O2. The summed E-state index contributed by atoms with van der Waals surface area (Å²) in [6.45, 7) is 4.07. The number of benzene rings is 1. The number of aromatic hydroxyl groups is 1. The number of rotatable bonds is 4. The largest absolute Gasteiger partial charge is 0.503 e. The number of aromatic nitrogens is 5. The summed E-state index contributed by atoms with van der Waals surface area (Å²) in [4.78, 5) is 27.3. The van der Waals surface area contributed by atoms with E-state index in [1.807, 2.05) is 13.8 Å². The van der Waals surface area contributed by atoms with Gasteiger partial charge in [0.2, 0.25) is 0 Å². The Hall–Kier alpha value is -3.36. The van der Waals surface area contributed by atoms with Gasteiger partial charge < -0.3 is 14.7 Å². The van der Waals surface area contributed by atoms with E-state index >= 15 is 0 Å². The second kappa shape index (κ2) is 6.66. The van der Waals surface area contributed by atoms with Gasteiger partial charge >= 0.3 is 0 Å². The molecule has 0 aliphatic carbocycles. The summed E-state index contributed by atoms with van der Waals surface area (Å²) >= 11 is 0. The molecule has 0 spiro atoms. The summed E-state index contributed by atoms with van der Waals surface area (Å²) in [5.41, 5.74) is -0.114. The van der Waals surface area contributed by atoms with Crippen molar-refractivity contribution >= 4 is 22.2 Å². The van der Waals surface area contributed by atoms with Crippen LogP contribution in [-0.2, 0) is 13.0 Å². The average molecular weight is 385 g/mol. The summed E-state index contributed by atoms with van der Waals surface area (Å²) in [5.74, 6) is -1.86. The fourth-order valence-electron chi connectivity index (χ4n) is 3.26. The molecule has 0 aliphatic heterocycles. The van der Waals surface area contributed by atoms with Crippen LogP contribution in [0.3, 0.4) is 0 Å². The quantitative estimate of drug-likeness (QED) is 0.563. The van der Waals surface area contributed by atoms with Crippen LogP contribution in [-0.4, -0.2) is 29.6 Å². The maximum atomic E-state index is 14.2. The van der Waals surface area contributed by atoms with Gasteiger partial charge in [0.1, 0.15) is 5.82 Å². The predicted molar refractivity (Wildman–Crippen MR) is 99.1 cm³/mol. The minimum absolute atomic E-state index is 0.00850. The maximum absolute atomic E-state index is 14.2. The molecule has 0 atom stereocenters. The van der Waals surface area contributed by atoms with Gasteiger partial charge in [0.25, 0.3) is 5.56 Å². The fourth-order valence-corrected chi connectivity index (χ4v) is 3.26. The summed E-state index contributed by atoms with van der Waals surface area (Å²) in [5, 5.41) is 10.6. The van der Waals surface area contributed by atoms with Gasteiger partial charge in [-0.1, -0.05) is 13.8 Å². The van der Waals surface area contributed by atoms with Crippen molar-refractivity contribution in [1.29, 1.82) is 0 Å². The van der Waals surface area contributed by atoms with Gasteiger partial charge in [-0.15, -0.1) is 0 Å². The Morgan fingerprint density at radius 2 is 1.96 bits per heavy atom. The van der Waals surface area contributed by atoms with Crippen LogP contribution >= 0.6 is 0 Å². The van der Waals surface area contributed by atoms with Gasteiger partial charge in [-0.3, -0.25) is 4.79 Å². The van der Waals surface area contributed by atoms with Crippen molar-refractivity contribution in [1.82, 2.24) is 24.5 Å². The lowest BCUT2D eigenvalue weighted by atomic mass is 10.1. The fraction of sp³-hybridized carbons (Fsp3) is 0.263. The molecule has 0 saturated carbocycles. The lowest BCUT2D eigenvalue weighted by Gasteiger charge is -2.13. The topological polar surface area (TPSA) is 96.7 Å². The molecule has 28 heavy (non-hydrogen) atoms. The van der Waals surface area contributed by atoms with Crippen molar-refractivity contribution in [2.45, 2.75) is 26.8 Å². The number of pyridine rings is 1. The van der Waals surface area contributed by atoms with Crippen LogP contribution in [0.4, 0.5) is 8.78 Å². The molecule has 0 saturated heterocycles. The Labute approximate surface area is 157 Å². The Balaban J connectivity index is 1.97. The lowest BCUT2D eigenvalue weighted by molar-refractivity contribution is 0.457. The minimum atomic E-state index is -1.17. The summed E-state index contributed by atoms with van der Waals surface area (Å²) in [7, 11) is 0. The Kier molecular flexibility index (Phi) is 4.29. The highest BCUT2D eigenvalue weighted by Gasteiger charge is 2.20. The van der Waals surface area contributed by atoms with E-state index in [-0.39, 0.29) is 28.9 Å². The molecule has 2 N–H and O–H groups in total. The number of fused-ring (bicyclic) bond motifs is 2. The van der Waals surface area contributed by atoms with Crippen molar-refractivity contribution in [3.8, 4) is 5.75 Å². The first-order chi connectivity index (χ1) is 13.4. The normalized spacial score (nSPS) is 11.8. The molecule has 144 valence electrons. The third-order valence-electron chi connectivity index (χ3n) is 4.53. The zero-order valence-corrected chi connectivity index (χ0v) is 15.2. The number of nitrogens with one attached hydrogen (secondary N) is 1.